The molecule has 0 fully saturated rings. The van der Waals surface area contributed by atoms with Crippen molar-refractivity contribution >= 4 is 13.3 Å². The fourth-order valence-electron chi connectivity index (χ4n) is 2.79. The molecule has 0 aliphatic rings. The maximum atomic E-state index is 13.1. The first-order valence-electron chi connectivity index (χ1n) is 9.18. The lowest BCUT2D eigenvalue weighted by Gasteiger charge is -2.14. The van der Waals surface area contributed by atoms with Gasteiger partial charge in [0.05, 0.1) is 24.3 Å². The van der Waals surface area contributed by atoms with E-state index in [1.807, 2.05) is 19.9 Å². The van der Waals surface area contributed by atoms with Crippen LogP contribution in [0.5, 0.6) is 5.75 Å². The molecule has 8 heteroatoms. The maximum absolute atomic E-state index is 13.1. The van der Waals surface area contributed by atoms with E-state index in [1.54, 1.807) is 18.2 Å². The maximum Gasteiger partial charge on any atom is 0.305 e. The lowest BCUT2D eigenvalue weighted by molar-refractivity contribution is -0.138. The van der Waals surface area contributed by atoms with Crippen LogP contribution in [0.2, 0.25) is 0 Å². The highest BCUT2D eigenvalue weighted by molar-refractivity contribution is 7.64. The molecular formula is C22H24FO6P. The fraction of sp³-hybridized carbons (Fsp3) is 0.318. The van der Waals surface area contributed by atoms with Crippen LogP contribution in [-0.2, 0) is 20.5 Å². The highest BCUT2D eigenvalue weighted by Gasteiger charge is 2.25. The number of aryl methyl sites for hydroxylation is 2. The van der Waals surface area contributed by atoms with E-state index in [2.05, 4.69) is 11.6 Å². The summed E-state index contributed by atoms with van der Waals surface area (Å²) in [6, 6.07) is 9.61. The molecule has 160 valence electrons. The van der Waals surface area contributed by atoms with Gasteiger partial charge in [-0.2, -0.15) is 0 Å². The van der Waals surface area contributed by atoms with Crippen molar-refractivity contribution in [3.63, 3.8) is 0 Å². The molecule has 2 N–H and O–H groups in total. The van der Waals surface area contributed by atoms with Crippen LogP contribution >= 0.6 is 7.37 Å². The molecule has 2 aromatic carbocycles. The average Bonchev–Trinajstić information content (AvgIpc) is 2.65. The van der Waals surface area contributed by atoms with Gasteiger partial charge in [-0.05, 0) is 54.4 Å². The summed E-state index contributed by atoms with van der Waals surface area (Å²) in [6.45, 7) is 3.92. The second-order valence-corrected chi connectivity index (χ2v) is 9.20. The lowest BCUT2D eigenvalue weighted by Crippen LogP contribution is -2.17. The molecule has 6 nitrogen and oxygen atoms in total. The van der Waals surface area contributed by atoms with Gasteiger partial charge in [-0.1, -0.05) is 24.1 Å². The second kappa shape index (κ2) is 10.4. The Morgan fingerprint density at radius 1 is 1.23 bits per heavy atom. The van der Waals surface area contributed by atoms with Crippen LogP contribution in [0.25, 0.3) is 0 Å². The Hall–Kier alpha value is -2.65. The van der Waals surface area contributed by atoms with E-state index in [-0.39, 0.29) is 18.6 Å². The highest BCUT2D eigenvalue weighted by Crippen LogP contribution is 2.46. The number of halogens is 1. The zero-order chi connectivity index (χ0) is 22.3. The zero-order valence-corrected chi connectivity index (χ0v) is 17.9. The predicted octanol–water partition coefficient (Wildman–Crippen LogP) is 4.09. The van der Waals surface area contributed by atoms with Crippen LogP contribution in [0, 0.1) is 31.2 Å². The van der Waals surface area contributed by atoms with Gasteiger partial charge < -0.3 is 19.5 Å². The monoisotopic (exact) mass is 434 g/mol. The van der Waals surface area contributed by atoms with Gasteiger partial charge in [0.25, 0.3) is 7.37 Å². The normalized spacial score (nSPS) is 13.6. The molecule has 2 aromatic rings. The summed E-state index contributed by atoms with van der Waals surface area (Å²) in [6.07, 6.45) is -2.28. The minimum Gasteiger partial charge on any atom is -0.488 e. The van der Waals surface area contributed by atoms with Gasteiger partial charge in [0.2, 0.25) is 0 Å². The van der Waals surface area contributed by atoms with Crippen molar-refractivity contribution in [3.05, 3.63) is 64.5 Å². The lowest BCUT2D eigenvalue weighted by atomic mass is 10.0. The zero-order valence-electron chi connectivity index (χ0n) is 17.0. The number of carbonyl (C=O) groups is 1. The number of aliphatic carboxylic acids is 1. The second-order valence-electron chi connectivity index (χ2n) is 6.90. The van der Waals surface area contributed by atoms with Crippen molar-refractivity contribution in [1.29, 1.82) is 0 Å². The van der Waals surface area contributed by atoms with Gasteiger partial charge in [-0.15, -0.1) is 0 Å². The van der Waals surface area contributed by atoms with E-state index in [4.69, 9.17) is 14.4 Å². The van der Waals surface area contributed by atoms with E-state index in [1.165, 1.54) is 19.2 Å². The molecule has 0 saturated carbocycles. The Bertz CT molecular complexity index is 1010. The van der Waals surface area contributed by atoms with Gasteiger partial charge in [-0.3, -0.25) is 9.36 Å². The number of rotatable bonds is 8. The van der Waals surface area contributed by atoms with Crippen molar-refractivity contribution < 1.29 is 33.2 Å². The van der Waals surface area contributed by atoms with Crippen molar-refractivity contribution in [2.24, 2.45) is 0 Å². The van der Waals surface area contributed by atoms with Gasteiger partial charge in [0.1, 0.15) is 18.2 Å². The standard InChI is InChI=1S/C22H24FO6P/c1-15-10-16(2)20(8-9-30(27,28-3)14-19(24)12-22(25)26)21(11-15)29-13-17-4-6-18(23)7-5-17/h4-7,10-11,19,24H,12-14H2,1-3H3,(H,25,26)/t19-,30?/m0/s1. The SMILES string of the molecule is COP(=O)(C#Cc1c(C)cc(C)cc1OCc1ccc(F)cc1)C[C@@H](O)CC(=O)O. The minimum absolute atomic E-state index is 0.192. The van der Waals surface area contributed by atoms with Gasteiger partial charge in [0.15, 0.2) is 0 Å². The van der Waals surface area contributed by atoms with Gasteiger partial charge >= 0.3 is 5.97 Å². The largest absolute Gasteiger partial charge is 0.488 e. The molecule has 0 aliphatic carbocycles. The first-order chi connectivity index (χ1) is 14.1. The van der Waals surface area contributed by atoms with Crippen molar-refractivity contribution in [3.8, 4) is 17.3 Å². The Labute approximate surface area is 175 Å². The topological polar surface area (TPSA) is 93.1 Å². The molecule has 0 radical (unpaired) electrons. The molecule has 2 atom stereocenters. The van der Waals surface area contributed by atoms with E-state index in [9.17, 15) is 18.9 Å². The quantitative estimate of drug-likeness (QED) is 0.480. The minimum atomic E-state index is -3.58. The number of carboxylic acid groups (broad SMARTS) is 1. The number of aliphatic hydroxyl groups is 1. The summed E-state index contributed by atoms with van der Waals surface area (Å²) in [5.74, 6) is 1.75. The molecule has 0 spiro atoms. The fourth-order valence-corrected chi connectivity index (χ4v) is 4.09. The number of benzene rings is 2. The predicted molar refractivity (Wildman–Crippen MR) is 111 cm³/mol. The first-order valence-corrected chi connectivity index (χ1v) is 11.0. The van der Waals surface area contributed by atoms with Gasteiger partial charge in [-0.25, -0.2) is 4.39 Å². The van der Waals surface area contributed by atoms with Crippen LogP contribution in [0.3, 0.4) is 0 Å². The molecule has 0 aromatic heterocycles. The molecule has 0 aliphatic heterocycles. The van der Waals surface area contributed by atoms with Crippen molar-refractivity contribution in [2.45, 2.75) is 33.0 Å². The molecule has 0 saturated heterocycles. The molecule has 1 unspecified atom stereocenters. The molecule has 0 amide bonds. The molecule has 0 heterocycles. The summed E-state index contributed by atoms with van der Waals surface area (Å²) in [5, 5.41) is 18.6. The molecule has 30 heavy (non-hydrogen) atoms. The van der Waals surface area contributed by atoms with Gasteiger partial charge in [0, 0.05) is 7.11 Å². The summed E-state index contributed by atoms with van der Waals surface area (Å²) in [4.78, 5) is 10.7. The number of hydrogen-bond acceptors (Lipinski definition) is 5. The summed E-state index contributed by atoms with van der Waals surface area (Å²) in [7, 11) is -2.38. The van der Waals surface area contributed by atoms with Crippen LogP contribution < -0.4 is 4.74 Å². The number of hydrogen-bond donors (Lipinski definition) is 2. The highest BCUT2D eigenvalue weighted by atomic mass is 31.2. The first kappa shape index (κ1) is 23.6. The number of carboxylic acids is 1. The summed E-state index contributed by atoms with van der Waals surface area (Å²) >= 11 is 0. The van der Waals surface area contributed by atoms with Crippen LogP contribution in [0.1, 0.15) is 28.7 Å². The third kappa shape index (κ3) is 7.00. The van der Waals surface area contributed by atoms with E-state index < -0.39 is 25.9 Å². The van der Waals surface area contributed by atoms with Crippen molar-refractivity contribution in [1.82, 2.24) is 0 Å². The smallest absolute Gasteiger partial charge is 0.305 e. The Morgan fingerprint density at radius 3 is 2.50 bits per heavy atom. The van der Waals surface area contributed by atoms with Crippen LogP contribution in [0.4, 0.5) is 4.39 Å². The van der Waals surface area contributed by atoms with Crippen molar-refractivity contribution in [2.75, 3.05) is 13.3 Å². The van der Waals surface area contributed by atoms with E-state index >= 15 is 0 Å². The van der Waals surface area contributed by atoms with E-state index in [0.29, 0.717) is 11.3 Å². The third-order valence-corrected chi connectivity index (χ3v) is 6.20. The average molecular weight is 434 g/mol. The van der Waals surface area contributed by atoms with Crippen LogP contribution in [-0.4, -0.2) is 35.6 Å². The third-order valence-electron chi connectivity index (χ3n) is 4.26. The molecule has 0 bridgehead atoms. The van der Waals surface area contributed by atoms with E-state index in [0.717, 1.165) is 16.7 Å². The molecule has 2 rings (SSSR count). The Morgan fingerprint density at radius 2 is 1.90 bits per heavy atom. The number of aliphatic hydroxyl groups excluding tert-OH is 1. The molecular weight excluding hydrogens is 410 g/mol. The summed E-state index contributed by atoms with van der Waals surface area (Å²) in [5.41, 5.74) is 5.59. The Kier molecular flexibility index (Phi) is 8.19. The Balaban J connectivity index is 2.29. The van der Waals surface area contributed by atoms with Crippen LogP contribution in [0.15, 0.2) is 36.4 Å². The number of ether oxygens (including phenoxy) is 1. The summed E-state index contributed by atoms with van der Waals surface area (Å²) < 4.78 is 36.8.